The molecule has 2 N–H and O–H groups in total. The number of amides is 1. The number of nitrogens with zero attached hydrogens (tertiary/aromatic N) is 3. The predicted octanol–water partition coefficient (Wildman–Crippen LogP) is 6.49. The summed E-state index contributed by atoms with van der Waals surface area (Å²) in [5, 5.41) is 16.7. The molecule has 0 saturated heterocycles. The van der Waals surface area contributed by atoms with Crippen LogP contribution in [0.2, 0.25) is 5.02 Å². The van der Waals surface area contributed by atoms with Crippen molar-refractivity contribution in [2.24, 2.45) is 0 Å². The number of carbonyl (C=O) groups excluding carboxylic acids is 1. The lowest BCUT2D eigenvalue weighted by atomic mass is 10.1. The van der Waals surface area contributed by atoms with Gasteiger partial charge >= 0.3 is 0 Å². The van der Waals surface area contributed by atoms with Crippen molar-refractivity contribution in [3.63, 3.8) is 0 Å². The van der Waals surface area contributed by atoms with E-state index < -0.39 is 5.82 Å². The Labute approximate surface area is 218 Å². The molecule has 0 spiro atoms. The number of rotatable bonds is 8. The lowest BCUT2D eigenvalue weighted by molar-refractivity contribution is -0.111. The molecule has 186 valence electrons. The normalized spacial score (nSPS) is 11.0. The second kappa shape index (κ2) is 11.5. The molecule has 0 atom stereocenters. The molecule has 7 nitrogen and oxygen atoms in total. The van der Waals surface area contributed by atoms with Crippen LogP contribution in [0.1, 0.15) is 5.56 Å². The van der Waals surface area contributed by atoms with Crippen LogP contribution in [0.25, 0.3) is 10.9 Å². The summed E-state index contributed by atoms with van der Waals surface area (Å²) in [6.07, 6.45) is 4.66. The van der Waals surface area contributed by atoms with Crippen molar-refractivity contribution in [1.29, 1.82) is 5.26 Å². The molecule has 1 amide bonds. The fraction of sp³-hybridized carbons (Fsp3) is 0.107. The highest BCUT2D eigenvalue weighted by molar-refractivity contribution is 6.30. The molecule has 1 aromatic heterocycles. The topological polar surface area (TPSA) is 90.3 Å². The van der Waals surface area contributed by atoms with Gasteiger partial charge in [-0.05, 0) is 62.6 Å². The van der Waals surface area contributed by atoms with Crippen molar-refractivity contribution in [3.8, 4) is 17.6 Å². The number of anilines is 3. The van der Waals surface area contributed by atoms with Gasteiger partial charge in [0.15, 0.2) is 11.6 Å². The fourth-order valence-corrected chi connectivity index (χ4v) is 3.69. The number of fused-ring (bicyclic) bond motifs is 1. The number of hydrogen-bond donors (Lipinski definition) is 2. The van der Waals surface area contributed by atoms with Gasteiger partial charge in [-0.15, -0.1) is 0 Å². The lowest BCUT2D eigenvalue weighted by Crippen LogP contribution is -2.12. The summed E-state index contributed by atoms with van der Waals surface area (Å²) in [7, 11) is 3.82. The van der Waals surface area contributed by atoms with Gasteiger partial charge in [-0.25, -0.2) is 4.39 Å². The Morgan fingerprint density at radius 1 is 1.16 bits per heavy atom. The molecular weight excluding hydrogens is 493 g/mol. The monoisotopic (exact) mass is 515 g/mol. The minimum Gasteiger partial charge on any atom is -0.454 e. The molecule has 4 aromatic rings. The van der Waals surface area contributed by atoms with Crippen LogP contribution >= 0.6 is 11.6 Å². The molecule has 0 fully saturated rings. The van der Waals surface area contributed by atoms with Gasteiger partial charge in [-0.2, -0.15) is 5.26 Å². The first-order valence-corrected chi connectivity index (χ1v) is 11.7. The summed E-state index contributed by atoms with van der Waals surface area (Å²) in [6, 6.07) is 18.4. The molecule has 0 aliphatic heterocycles. The van der Waals surface area contributed by atoms with Gasteiger partial charge in [-0.3, -0.25) is 9.78 Å². The second-order valence-corrected chi connectivity index (χ2v) is 8.81. The van der Waals surface area contributed by atoms with Crippen molar-refractivity contribution in [3.05, 3.63) is 95.4 Å². The van der Waals surface area contributed by atoms with Gasteiger partial charge < -0.3 is 20.3 Å². The summed E-state index contributed by atoms with van der Waals surface area (Å²) < 4.78 is 20.5. The molecule has 3 aromatic carbocycles. The SMILES string of the molecule is CN(C)CC=CC(=O)Nc1ccc2ncc(C#N)c(Nc3ccc(Oc4cccc(Cl)c4)c(F)c3)c2c1. The summed E-state index contributed by atoms with van der Waals surface area (Å²) in [5.41, 5.74) is 2.24. The van der Waals surface area contributed by atoms with Crippen LogP contribution in [0.5, 0.6) is 11.5 Å². The van der Waals surface area contributed by atoms with Crippen molar-refractivity contribution < 1.29 is 13.9 Å². The molecule has 0 radical (unpaired) electrons. The average Bonchev–Trinajstić information content (AvgIpc) is 2.86. The van der Waals surface area contributed by atoms with E-state index in [4.69, 9.17) is 16.3 Å². The van der Waals surface area contributed by atoms with Gasteiger partial charge in [0.25, 0.3) is 0 Å². The van der Waals surface area contributed by atoms with E-state index in [2.05, 4.69) is 21.7 Å². The quantitative estimate of drug-likeness (QED) is 0.261. The Bertz CT molecular complexity index is 1530. The van der Waals surface area contributed by atoms with Crippen molar-refractivity contribution in [2.75, 3.05) is 31.3 Å². The van der Waals surface area contributed by atoms with Crippen LogP contribution in [0.15, 0.2) is 79.0 Å². The van der Waals surface area contributed by atoms with Gasteiger partial charge in [0.2, 0.25) is 5.91 Å². The molecule has 0 bridgehead atoms. The molecular formula is C28H23ClFN5O2. The van der Waals surface area contributed by atoms with Crippen LogP contribution in [0, 0.1) is 17.1 Å². The number of ether oxygens (including phenoxy) is 1. The molecule has 0 saturated carbocycles. The van der Waals surface area contributed by atoms with E-state index in [0.29, 0.717) is 45.3 Å². The van der Waals surface area contributed by atoms with Crippen LogP contribution < -0.4 is 15.4 Å². The highest BCUT2D eigenvalue weighted by atomic mass is 35.5. The number of carbonyl (C=O) groups is 1. The number of halogens is 2. The largest absolute Gasteiger partial charge is 0.454 e. The minimum absolute atomic E-state index is 0.0280. The predicted molar refractivity (Wildman–Crippen MR) is 144 cm³/mol. The first-order chi connectivity index (χ1) is 17.8. The van der Waals surface area contributed by atoms with Crippen LogP contribution in [0.4, 0.5) is 21.5 Å². The third kappa shape index (κ3) is 6.61. The van der Waals surface area contributed by atoms with Crippen molar-refractivity contribution in [1.82, 2.24) is 9.88 Å². The highest BCUT2D eigenvalue weighted by Gasteiger charge is 2.13. The first kappa shape index (κ1) is 25.6. The molecule has 0 aliphatic carbocycles. The average molecular weight is 516 g/mol. The van der Waals surface area contributed by atoms with E-state index in [0.717, 1.165) is 0 Å². The maximum atomic E-state index is 14.9. The van der Waals surface area contributed by atoms with E-state index in [1.54, 1.807) is 54.6 Å². The number of benzene rings is 3. The zero-order valence-electron chi connectivity index (χ0n) is 20.1. The first-order valence-electron chi connectivity index (χ1n) is 11.3. The lowest BCUT2D eigenvalue weighted by Gasteiger charge is -2.14. The third-order valence-corrected chi connectivity index (χ3v) is 5.46. The molecule has 37 heavy (non-hydrogen) atoms. The Morgan fingerprint density at radius 2 is 1.97 bits per heavy atom. The standard InChI is InChI=1S/C28H23ClFN5O2/c1-35(2)12-4-7-27(36)33-20-8-10-25-23(14-20)28(18(16-31)17-32-25)34-21-9-11-26(24(30)15-21)37-22-6-3-5-19(29)13-22/h3-11,13-15,17H,12H2,1-2H3,(H,32,34)(H,33,36). The van der Waals surface area contributed by atoms with Gasteiger partial charge in [0.1, 0.15) is 11.8 Å². The summed E-state index contributed by atoms with van der Waals surface area (Å²) >= 11 is 5.97. The summed E-state index contributed by atoms with van der Waals surface area (Å²) in [6.45, 7) is 0.633. The van der Waals surface area contributed by atoms with Gasteiger partial charge in [0.05, 0.1) is 16.8 Å². The Morgan fingerprint density at radius 3 is 2.70 bits per heavy atom. The Balaban J connectivity index is 1.61. The molecule has 0 aliphatic rings. The maximum Gasteiger partial charge on any atom is 0.248 e. The van der Waals surface area contributed by atoms with E-state index in [1.807, 2.05) is 19.0 Å². The van der Waals surface area contributed by atoms with Crippen LogP contribution in [-0.2, 0) is 4.79 Å². The fourth-order valence-electron chi connectivity index (χ4n) is 3.51. The van der Waals surface area contributed by atoms with E-state index >= 15 is 0 Å². The van der Waals surface area contributed by atoms with Gasteiger partial charge in [-0.1, -0.05) is 23.7 Å². The van der Waals surface area contributed by atoms with E-state index in [9.17, 15) is 14.4 Å². The smallest absolute Gasteiger partial charge is 0.248 e. The molecule has 9 heteroatoms. The third-order valence-electron chi connectivity index (χ3n) is 5.22. The zero-order valence-corrected chi connectivity index (χ0v) is 20.9. The molecule has 1 heterocycles. The molecule has 4 rings (SSSR count). The Kier molecular flexibility index (Phi) is 7.98. The highest BCUT2D eigenvalue weighted by Crippen LogP contribution is 2.33. The summed E-state index contributed by atoms with van der Waals surface area (Å²) in [4.78, 5) is 18.6. The second-order valence-electron chi connectivity index (χ2n) is 8.37. The number of nitrogens with one attached hydrogen (secondary N) is 2. The number of likely N-dealkylation sites (N-methyl/N-ethyl adjacent to an activating group) is 1. The summed E-state index contributed by atoms with van der Waals surface area (Å²) in [5.74, 6) is -0.442. The Hall–Kier alpha value is -4.45. The van der Waals surface area contributed by atoms with Crippen molar-refractivity contribution >= 4 is 45.5 Å². The number of hydrogen-bond acceptors (Lipinski definition) is 6. The maximum absolute atomic E-state index is 14.9. The van der Waals surface area contributed by atoms with E-state index in [1.165, 1.54) is 24.4 Å². The number of nitriles is 1. The number of pyridine rings is 1. The zero-order chi connectivity index (χ0) is 26.4. The van der Waals surface area contributed by atoms with Crippen LogP contribution in [-0.4, -0.2) is 36.4 Å². The molecule has 0 unspecified atom stereocenters. The number of aromatic nitrogens is 1. The van der Waals surface area contributed by atoms with E-state index in [-0.39, 0.29) is 17.2 Å². The van der Waals surface area contributed by atoms with Crippen LogP contribution in [0.3, 0.4) is 0 Å². The van der Waals surface area contributed by atoms with Gasteiger partial charge in [0, 0.05) is 46.7 Å². The minimum atomic E-state index is -0.598. The van der Waals surface area contributed by atoms with Crippen molar-refractivity contribution in [2.45, 2.75) is 0 Å².